The molecule has 0 atom stereocenters. The Hall–Kier alpha value is -2.47. The third-order valence-corrected chi connectivity index (χ3v) is 2.61. The van der Waals surface area contributed by atoms with Crippen molar-refractivity contribution in [2.24, 2.45) is 0 Å². The fraction of sp³-hybridized carbons (Fsp3) is 0.133. The molecule has 0 aliphatic rings. The predicted octanol–water partition coefficient (Wildman–Crippen LogP) is 3.67. The highest BCUT2D eigenvalue weighted by molar-refractivity contribution is 5.50. The number of nitriles is 1. The predicted molar refractivity (Wildman–Crippen MR) is 69.0 cm³/mol. The van der Waals surface area contributed by atoms with Crippen LogP contribution in [0.15, 0.2) is 42.5 Å². The van der Waals surface area contributed by atoms with Crippen molar-refractivity contribution >= 4 is 0 Å². The molecule has 2 aromatic rings. The lowest BCUT2D eigenvalue weighted by atomic mass is 10.1. The summed E-state index contributed by atoms with van der Waals surface area (Å²) in [6, 6.07) is 14.9. The third kappa shape index (κ3) is 2.44. The molecule has 18 heavy (non-hydrogen) atoms. The van der Waals surface area contributed by atoms with E-state index in [4.69, 9.17) is 14.7 Å². The van der Waals surface area contributed by atoms with E-state index in [2.05, 4.69) is 6.07 Å². The summed E-state index contributed by atoms with van der Waals surface area (Å²) in [6.07, 6.45) is 0. The highest BCUT2D eigenvalue weighted by Gasteiger charge is 2.07. The van der Waals surface area contributed by atoms with Crippen LogP contribution in [0.5, 0.6) is 17.2 Å². The molecule has 0 unspecified atom stereocenters. The zero-order valence-electron chi connectivity index (χ0n) is 10.3. The number of ether oxygens (including phenoxy) is 2. The fourth-order valence-corrected chi connectivity index (χ4v) is 1.64. The first-order chi connectivity index (χ1) is 8.74. The third-order valence-electron chi connectivity index (χ3n) is 2.61. The average molecular weight is 239 g/mol. The average Bonchev–Trinajstić information content (AvgIpc) is 2.42. The second kappa shape index (κ2) is 5.24. The second-order valence-corrected chi connectivity index (χ2v) is 3.84. The number of nitrogens with zero attached hydrogens (tertiary/aromatic N) is 1. The number of hydrogen-bond donors (Lipinski definition) is 0. The number of methoxy groups -OCH3 is 1. The van der Waals surface area contributed by atoms with Crippen LogP contribution >= 0.6 is 0 Å². The molecule has 3 heteroatoms. The molecule has 0 saturated carbocycles. The van der Waals surface area contributed by atoms with Crippen LogP contribution in [0, 0.1) is 18.3 Å². The van der Waals surface area contributed by atoms with Crippen LogP contribution in [0.4, 0.5) is 0 Å². The molecule has 0 fully saturated rings. The van der Waals surface area contributed by atoms with Gasteiger partial charge in [-0.2, -0.15) is 5.26 Å². The minimum absolute atomic E-state index is 0.533. The van der Waals surface area contributed by atoms with Gasteiger partial charge in [0.25, 0.3) is 0 Å². The molecule has 90 valence electrons. The van der Waals surface area contributed by atoms with Gasteiger partial charge < -0.3 is 9.47 Å². The molecule has 0 amide bonds. The molecule has 0 aliphatic heterocycles. The molecule has 0 saturated heterocycles. The maximum atomic E-state index is 9.05. The fourth-order valence-electron chi connectivity index (χ4n) is 1.64. The Kier molecular flexibility index (Phi) is 3.49. The number of para-hydroxylation sites is 1. The van der Waals surface area contributed by atoms with Crippen LogP contribution in [-0.4, -0.2) is 7.11 Å². The van der Waals surface area contributed by atoms with Crippen molar-refractivity contribution in [2.75, 3.05) is 7.11 Å². The lowest BCUT2D eigenvalue weighted by molar-refractivity contribution is 0.412. The summed E-state index contributed by atoms with van der Waals surface area (Å²) in [4.78, 5) is 0. The first-order valence-electron chi connectivity index (χ1n) is 5.56. The summed E-state index contributed by atoms with van der Waals surface area (Å²) in [6.45, 7) is 1.92. The van der Waals surface area contributed by atoms with Gasteiger partial charge in [-0.3, -0.25) is 0 Å². The van der Waals surface area contributed by atoms with Gasteiger partial charge in [-0.25, -0.2) is 0 Å². The van der Waals surface area contributed by atoms with Crippen LogP contribution in [0.2, 0.25) is 0 Å². The second-order valence-electron chi connectivity index (χ2n) is 3.84. The first-order valence-corrected chi connectivity index (χ1v) is 5.56. The zero-order valence-corrected chi connectivity index (χ0v) is 10.3. The quantitative estimate of drug-likeness (QED) is 0.820. The van der Waals surface area contributed by atoms with E-state index in [1.807, 2.05) is 43.3 Å². The monoisotopic (exact) mass is 239 g/mol. The topological polar surface area (TPSA) is 42.2 Å². The lowest BCUT2D eigenvalue weighted by Gasteiger charge is -2.10. The molecular weight excluding hydrogens is 226 g/mol. The Bertz CT molecular complexity index is 582. The molecule has 0 bridgehead atoms. The summed E-state index contributed by atoms with van der Waals surface area (Å²) in [7, 11) is 1.62. The number of rotatable bonds is 3. The Morgan fingerprint density at radius 1 is 1.00 bits per heavy atom. The highest BCUT2D eigenvalue weighted by Crippen LogP contribution is 2.29. The molecule has 0 radical (unpaired) electrons. The molecule has 0 heterocycles. The van der Waals surface area contributed by atoms with Crippen molar-refractivity contribution in [3.05, 3.63) is 53.6 Å². The van der Waals surface area contributed by atoms with E-state index in [0.717, 1.165) is 11.3 Å². The van der Waals surface area contributed by atoms with Gasteiger partial charge in [0.2, 0.25) is 0 Å². The molecule has 0 aliphatic carbocycles. The van der Waals surface area contributed by atoms with Crippen molar-refractivity contribution in [1.82, 2.24) is 0 Å². The molecule has 2 rings (SSSR count). The van der Waals surface area contributed by atoms with Crippen molar-refractivity contribution in [3.8, 4) is 23.3 Å². The van der Waals surface area contributed by atoms with Gasteiger partial charge >= 0.3 is 0 Å². The van der Waals surface area contributed by atoms with Gasteiger partial charge in [0, 0.05) is 0 Å². The summed E-state index contributed by atoms with van der Waals surface area (Å²) >= 11 is 0. The van der Waals surface area contributed by atoms with Crippen LogP contribution in [0.3, 0.4) is 0 Å². The summed E-state index contributed by atoms with van der Waals surface area (Å²) in [5, 5.41) is 9.05. The molecule has 0 aromatic heterocycles. The summed E-state index contributed by atoms with van der Waals surface area (Å²) < 4.78 is 10.8. The maximum absolute atomic E-state index is 9.05. The SMILES string of the molecule is COc1ccc(Oc2c(C)cccc2C#N)cc1. The minimum atomic E-state index is 0.533. The van der Waals surface area contributed by atoms with Crippen LogP contribution in [0.25, 0.3) is 0 Å². The number of aryl methyl sites for hydroxylation is 1. The highest BCUT2D eigenvalue weighted by atomic mass is 16.5. The Morgan fingerprint density at radius 3 is 2.28 bits per heavy atom. The van der Waals surface area contributed by atoms with Crippen LogP contribution < -0.4 is 9.47 Å². The van der Waals surface area contributed by atoms with Gasteiger partial charge in [0.15, 0.2) is 0 Å². The van der Waals surface area contributed by atoms with Crippen LogP contribution in [0.1, 0.15) is 11.1 Å². The van der Waals surface area contributed by atoms with Gasteiger partial charge in [0.05, 0.1) is 12.7 Å². The van der Waals surface area contributed by atoms with E-state index in [9.17, 15) is 0 Å². The Balaban J connectivity index is 2.31. The minimum Gasteiger partial charge on any atom is -0.497 e. The van der Waals surface area contributed by atoms with Crippen molar-refractivity contribution in [3.63, 3.8) is 0 Å². The molecule has 0 spiro atoms. The smallest absolute Gasteiger partial charge is 0.148 e. The first kappa shape index (κ1) is 12.0. The van der Waals surface area contributed by atoms with Gasteiger partial charge in [-0.1, -0.05) is 12.1 Å². The summed E-state index contributed by atoms with van der Waals surface area (Å²) in [5.74, 6) is 2.06. The molecule has 3 nitrogen and oxygen atoms in total. The van der Waals surface area contributed by atoms with Gasteiger partial charge in [-0.05, 0) is 42.8 Å². The van der Waals surface area contributed by atoms with E-state index < -0.39 is 0 Å². The standard InChI is InChI=1S/C15H13NO2/c1-11-4-3-5-12(10-16)15(11)18-14-8-6-13(17-2)7-9-14/h3-9H,1-2H3. The number of benzene rings is 2. The largest absolute Gasteiger partial charge is 0.497 e. The van der Waals surface area contributed by atoms with Crippen LogP contribution in [-0.2, 0) is 0 Å². The van der Waals surface area contributed by atoms with Crippen molar-refractivity contribution < 1.29 is 9.47 Å². The van der Waals surface area contributed by atoms with E-state index in [0.29, 0.717) is 17.1 Å². The number of hydrogen-bond acceptors (Lipinski definition) is 3. The van der Waals surface area contributed by atoms with E-state index in [-0.39, 0.29) is 0 Å². The molecule has 0 N–H and O–H groups in total. The Morgan fingerprint density at radius 2 is 1.67 bits per heavy atom. The maximum Gasteiger partial charge on any atom is 0.148 e. The zero-order chi connectivity index (χ0) is 13.0. The van der Waals surface area contributed by atoms with Gasteiger partial charge in [-0.15, -0.1) is 0 Å². The normalized spacial score (nSPS) is 9.61. The van der Waals surface area contributed by atoms with Gasteiger partial charge in [0.1, 0.15) is 23.3 Å². The van der Waals surface area contributed by atoms with Crippen molar-refractivity contribution in [2.45, 2.75) is 6.92 Å². The lowest BCUT2D eigenvalue weighted by Crippen LogP contribution is -1.91. The summed E-state index contributed by atoms with van der Waals surface area (Å²) in [5.41, 5.74) is 1.47. The van der Waals surface area contributed by atoms with E-state index in [1.165, 1.54) is 0 Å². The van der Waals surface area contributed by atoms with Crippen molar-refractivity contribution in [1.29, 1.82) is 5.26 Å². The molecule has 2 aromatic carbocycles. The Labute approximate surface area is 106 Å². The van der Waals surface area contributed by atoms with E-state index in [1.54, 1.807) is 13.2 Å². The van der Waals surface area contributed by atoms with E-state index >= 15 is 0 Å². The molecular formula is C15H13NO2.